The molecule has 118 valence electrons. The van der Waals surface area contributed by atoms with Crippen molar-refractivity contribution in [2.75, 3.05) is 6.61 Å². The molecule has 0 saturated heterocycles. The molecular weight excluding hydrogens is 290 g/mol. The van der Waals surface area contributed by atoms with Crippen LogP contribution in [0.1, 0.15) is 40.4 Å². The highest BCUT2D eigenvalue weighted by Gasteiger charge is 2.21. The van der Waals surface area contributed by atoms with Gasteiger partial charge in [0.25, 0.3) is 5.91 Å². The van der Waals surface area contributed by atoms with Crippen molar-refractivity contribution in [3.8, 4) is 0 Å². The number of benzene rings is 2. The zero-order chi connectivity index (χ0) is 16.1. The minimum atomic E-state index is -0.482. The fraction of sp³-hybridized carbons (Fsp3) is 0.263. The Morgan fingerprint density at radius 1 is 1.04 bits per heavy atom. The number of nitrogens with one attached hydrogen (secondary N) is 1. The van der Waals surface area contributed by atoms with E-state index in [1.165, 1.54) is 11.1 Å². The molecule has 1 amide bonds. The first kappa shape index (κ1) is 15.3. The first-order valence-electron chi connectivity index (χ1n) is 7.83. The van der Waals surface area contributed by atoms with E-state index < -0.39 is 5.97 Å². The van der Waals surface area contributed by atoms with Crippen LogP contribution >= 0.6 is 0 Å². The molecule has 3 rings (SSSR count). The minimum Gasteiger partial charge on any atom is -0.452 e. The van der Waals surface area contributed by atoms with Gasteiger partial charge in [0.15, 0.2) is 6.61 Å². The molecule has 0 bridgehead atoms. The van der Waals surface area contributed by atoms with Gasteiger partial charge >= 0.3 is 5.97 Å². The number of ether oxygens (including phenoxy) is 1. The highest BCUT2D eigenvalue weighted by atomic mass is 16.5. The van der Waals surface area contributed by atoms with Crippen molar-refractivity contribution in [1.29, 1.82) is 0 Å². The summed E-state index contributed by atoms with van der Waals surface area (Å²) >= 11 is 0. The maximum atomic E-state index is 12.1. The third-order valence-electron chi connectivity index (χ3n) is 4.05. The number of carbonyl (C=O) groups is 2. The van der Waals surface area contributed by atoms with Crippen LogP contribution in [-0.4, -0.2) is 18.5 Å². The topological polar surface area (TPSA) is 55.4 Å². The standard InChI is InChI=1S/C19H19NO3/c21-18(13-23-19(22)15-8-2-1-3-9-15)20-17-12-6-10-14-7-4-5-11-16(14)17/h1-5,7-9,11,17H,6,10,12-13H2,(H,20,21)/t17-/m0/s1. The maximum Gasteiger partial charge on any atom is 0.338 e. The van der Waals surface area contributed by atoms with E-state index in [0.29, 0.717) is 5.56 Å². The van der Waals surface area contributed by atoms with E-state index in [9.17, 15) is 9.59 Å². The Labute approximate surface area is 135 Å². The van der Waals surface area contributed by atoms with Gasteiger partial charge in [-0.2, -0.15) is 0 Å². The van der Waals surface area contributed by atoms with Gasteiger partial charge in [0.05, 0.1) is 11.6 Å². The SMILES string of the molecule is O=C(COC(=O)c1ccccc1)N[C@H]1CCCc2ccccc21. The van der Waals surface area contributed by atoms with Gasteiger partial charge < -0.3 is 10.1 Å². The Morgan fingerprint density at radius 3 is 2.61 bits per heavy atom. The Kier molecular flexibility index (Phi) is 4.71. The summed E-state index contributed by atoms with van der Waals surface area (Å²) in [6.07, 6.45) is 3.01. The van der Waals surface area contributed by atoms with Gasteiger partial charge in [-0.05, 0) is 42.5 Å². The summed E-state index contributed by atoms with van der Waals surface area (Å²) in [5.41, 5.74) is 2.90. The highest BCUT2D eigenvalue weighted by molar-refractivity contribution is 5.91. The van der Waals surface area contributed by atoms with Crippen LogP contribution in [0.4, 0.5) is 0 Å². The number of fused-ring (bicyclic) bond motifs is 1. The van der Waals surface area contributed by atoms with Gasteiger partial charge in [-0.1, -0.05) is 42.5 Å². The lowest BCUT2D eigenvalue weighted by Crippen LogP contribution is -2.34. The molecule has 1 N–H and O–H groups in total. The van der Waals surface area contributed by atoms with Gasteiger partial charge in [0.1, 0.15) is 0 Å². The second-order valence-electron chi connectivity index (χ2n) is 5.65. The van der Waals surface area contributed by atoms with Crippen molar-refractivity contribution in [2.24, 2.45) is 0 Å². The fourth-order valence-corrected chi connectivity index (χ4v) is 2.93. The summed E-state index contributed by atoms with van der Waals surface area (Å²) < 4.78 is 5.07. The van der Waals surface area contributed by atoms with Crippen LogP contribution < -0.4 is 5.32 Å². The molecule has 0 aliphatic heterocycles. The molecule has 2 aromatic carbocycles. The molecule has 0 fully saturated rings. The average molecular weight is 309 g/mol. The second-order valence-corrected chi connectivity index (χ2v) is 5.65. The van der Waals surface area contributed by atoms with Crippen molar-refractivity contribution in [3.63, 3.8) is 0 Å². The third kappa shape index (κ3) is 3.77. The summed E-state index contributed by atoms with van der Waals surface area (Å²) in [4.78, 5) is 23.9. The molecule has 2 aromatic rings. The Balaban J connectivity index is 1.55. The number of carbonyl (C=O) groups excluding carboxylic acids is 2. The van der Waals surface area contributed by atoms with Crippen molar-refractivity contribution in [3.05, 3.63) is 71.3 Å². The molecule has 0 unspecified atom stereocenters. The van der Waals surface area contributed by atoms with Gasteiger partial charge in [-0.3, -0.25) is 4.79 Å². The zero-order valence-corrected chi connectivity index (χ0v) is 12.8. The lowest BCUT2D eigenvalue weighted by Gasteiger charge is -2.26. The molecule has 0 heterocycles. The second kappa shape index (κ2) is 7.09. The summed E-state index contributed by atoms with van der Waals surface area (Å²) in [5, 5.41) is 2.97. The summed E-state index contributed by atoms with van der Waals surface area (Å²) in [6.45, 7) is -0.258. The largest absolute Gasteiger partial charge is 0.452 e. The predicted octanol–water partition coefficient (Wildman–Crippen LogP) is 3.04. The molecular formula is C19H19NO3. The van der Waals surface area contributed by atoms with Crippen LogP contribution in [0.3, 0.4) is 0 Å². The number of esters is 1. The van der Waals surface area contributed by atoms with Gasteiger partial charge in [0.2, 0.25) is 0 Å². The van der Waals surface area contributed by atoms with Crippen molar-refractivity contribution in [1.82, 2.24) is 5.32 Å². The molecule has 0 aromatic heterocycles. The lowest BCUT2D eigenvalue weighted by molar-refractivity contribution is -0.125. The number of hydrogen-bond acceptors (Lipinski definition) is 3. The van der Waals surface area contributed by atoms with E-state index in [4.69, 9.17) is 4.74 Å². The number of amides is 1. The van der Waals surface area contributed by atoms with Gasteiger partial charge in [-0.15, -0.1) is 0 Å². The Morgan fingerprint density at radius 2 is 1.78 bits per heavy atom. The number of hydrogen-bond donors (Lipinski definition) is 1. The van der Waals surface area contributed by atoms with Crippen LogP contribution in [0.25, 0.3) is 0 Å². The summed E-state index contributed by atoms with van der Waals surface area (Å²) in [6, 6.07) is 16.8. The van der Waals surface area contributed by atoms with Crippen LogP contribution in [0.2, 0.25) is 0 Å². The Hall–Kier alpha value is -2.62. The quantitative estimate of drug-likeness (QED) is 0.883. The van der Waals surface area contributed by atoms with Crippen LogP contribution in [-0.2, 0) is 16.0 Å². The normalized spacial score (nSPS) is 16.3. The molecule has 4 heteroatoms. The smallest absolute Gasteiger partial charge is 0.338 e. The molecule has 0 spiro atoms. The maximum absolute atomic E-state index is 12.1. The lowest BCUT2D eigenvalue weighted by atomic mass is 9.88. The van der Waals surface area contributed by atoms with E-state index >= 15 is 0 Å². The summed E-state index contributed by atoms with van der Waals surface area (Å²) in [7, 11) is 0. The van der Waals surface area contributed by atoms with Crippen LogP contribution in [0.5, 0.6) is 0 Å². The zero-order valence-electron chi connectivity index (χ0n) is 12.8. The van der Waals surface area contributed by atoms with E-state index in [2.05, 4.69) is 17.4 Å². The van der Waals surface area contributed by atoms with Crippen LogP contribution in [0, 0.1) is 0 Å². The number of aryl methyl sites for hydroxylation is 1. The number of rotatable bonds is 4. The van der Waals surface area contributed by atoms with E-state index in [0.717, 1.165) is 19.3 Å². The molecule has 0 saturated carbocycles. The molecule has 0 radical (unpaired) electrons. The summed E-state index contributed by atoms with van der Waals surface area (Å²) in [5.74, 6) is -0.749. The van der Waals surface area contributed by atoms with Crippen molar-refractivity contribution in [2.45, 2.75) is 25.3 Å². The van der Waals surface area contributed by atoms with E-state index in [1.54, 1.807) is 24.3 Å². The monoisotopic (exact) mass is 309 g/mol. The first-order chi connectivity index (χ1) is 11.2. The van der Waals surface area contributed by atoms with Crippen molar-refractivity contribution >= 4 is 11.9 Å². The van der Waals surface area contributed by atoms with Gasteiger partial charge in [0, 0.05) is 0 Å². The third-order valence-corrected chi connectivity index (χ3v) is 4.05. The first-order valence-corrected chi connectivity index (χ1v) is 7.83. The fourth-order valence-electron chi connectivity index (χ4n) is 2.93. The minimum absolute atomic E-state index is 0.00266. The molecule has 1 aliphatic carbocycles. The predicted molar refractivity (Wildman–Crippen MR) is 87.0 cm³/mol. The molecule has 23 heavy (non-hydrogen) atoms. The van der Waals surface area contributed by atoms with Crippen LogP contribution in [0.15, 0.2) is 54.6 Å². The Bertz CT molecular complexity index is 697. The van der Waals surface area contributed by atoms with E-state index in [1.807, 2.05) is 18.2 Å². The van der Waals surface area contributed by atoms with E-state index in [-0.39, 0.29) is 18.6 Å². The average Bonchev–Trinajstić information content (AvgIpc) is 2.61. The molecule has 1 aliphatic rings. The molecule has 4 nitrogen and oxygen atoms in total. The molecule has 1 atom stereocenters. The van der Waals surface area contributed by atoms with Gasteiger partial charge in [-0.25, -0.2) is 4.79 Å². The van der Waals surface area contributed by atoms with Crippen molar-refractivity contribution < 1.29 is 14.3 Å². The highest BCUT2D eigenvalue weighted by Crippen LogP contribution is 2.29.